The summed E-state index contributed by atoms with van der Waals surface area (Å²) in [5.41, 5.74) is 1.07. The van der Waals surface area contributed by atoms with Crippen molar-refractivity contribution in [1.29, 1.82) is 0 Å². The predicted molar refractivity (Wildman–Crippen MR) is 87.2 cm³/mol. The zero-order chi connectivity index (χ0) is 14.5. The van der Waals surface area contributed by atoms with Crippen LogP contribution < -0.4 is 10.6 Å². The van der Waals surface area contributed by atoms with Crippen molar-refractivity contribution in [1.82, 2.24) is 9.97 Å². The van der Waals surface area contributed by atoms with Crippen LogP contribution in [0.1, 0.15) is 25.6 Å². The molecule has 1 aromatic carbocycles. The molecule has 0 fully saturated rings. The van der Waals surface area contributed by atoms with Crippen LogP contribution in [0, 0.1) is 0 Å². The summed E-state index contributed by atoms with van der Waals surface area (Å²) in [4.78, 5) is 10.2. The van der Waals surface area contributed by atoms with E-state index in [1.54, 1.807) is 11.8 Å². The average molecular weight is 288 g/mol. The number of hydrogen-bond acceptors (Lipinski definition) is 5. The Morgan fingerprint density at radius 1 is 1.10 bits per heavy atom. The molecule has 2 aromatic rings. The molecule has 1 heterocycles. The summed E-state index contributed by atoms with van der Waals surface area (Å²) in [5.74, 6) is 2.77. The van der Waals surface area contributed by atoms with Crippen LogP contribution in [-0.2, 0) is 0 Å². The zero-order valence-electron chi connectivity index (χ0n) is 12.3. The van der Waals surface area contributed by atoms with Gasteiger partial charge in [-0.2, -0.15) is 0 Å². The van der Waals surface area contributed by atoms with Gasteiger partial charge in [0.15, 0.2) is 0 Å². The summed E-state index contributed by atoms with van der Waals surface area (Å²) < 4.78 is 0. The molecule has 2 rings (SSSR count). The maximum absolute atomic E-state index is 4.58. The van der Waals surface area contributed by atoms with Crippen LogP contribution in [-0.4, -0.2) is 23.3 Å². The van der Waals surface area contributed by atoms with E-state index in [0.29, 0.717) is 5.92 Å². The molecule has 0 saturated heterocycles. The number of anilines is 3. The minimum absolute atomic E-state index is 0.291. The summed E-state index contributed by atoms with van der Waals surface area (Å²) in [6, 6.07) is 10.1. The van der Waals surface area contributed by atoms with Gasteiger partial charge in [-0.1, -0.05) is 26.0 Å². The number of nitrogens with one attached hydrogen (secondary N) is 2. The van der Waals surface area contributed by atoms with Gasteiger partial charge >= 0.3 is 0 Å². The fourth-order valence-electron chi connectivity index (χ4n) is 1.80. The molecule has 0 radical (unpaired) electrons. The van der Waals surface area contributed by atoms with Crippen molar-refractivity contribution in [2.75, 3.05) is 23.9 Å². The van der Waals surface area contributed by atoms with Gasteiger partial charge in [0.05, 0.1) is 5.69 Å². The molecule has 0 aliphatic carbocycles. The lowest BCUT2D eigenvalue weighted by Gasteiger charge is -2.13. The van der Waals surface area contributed by atoms with E-state index in [9.17, 15) is 0 Å². The van der Waals surface area contributed by atoms with Crippen molar-refractivity contribution in [3.05, 3.63) is 36.2 Å². The van der Waals surface area contributed by atoms with Gasteiger partial charge in [-0.05, 0) is 18.4 Å². The third-order valence-electron chi connectivity index (χ3n) is 2.89. The second-order valence-corrected chi connectivity index (χ2v) is 5.57. The van der Waals surface area contributed by atoms with Crippen molar-refractivity contribution in [2.24, 2.45) is 0 Å². The van der Waals surface area contributed by atoms with Crippen molar-refractivity contribution in [3.63, 3.8) is 0 Å². The maximum atomic E-state index is 4.58. The lowest BCUT2D eigenvalue weighted by atomic mass is 10.2. The number of benzene rings is 1. The van der Waals surface area contributed by atoms with Gasteiger partial charge in [0.2, 0.25) is 0 Å². The standard InChI is InChI=1S/C15H20N4S/c1-10(2)15-18-13(16-3)9-14(19-15)17-11-7-5-6-8-12(11)20-4/h5-10H,1-4H3,(H2,16,17,18,19). The number of nitrogens with zero attached hydrogens (tertiary/aromatic N) is 2. The Balaban J connectivity index is 2.35. The van der Waals surface area contributed by atoms with Gasteiger partial charge in [-0.25, -0.2) is 9.97 Å². The molecule has 0 amide bonds. The van der Waals surface area contributed by atoms with E-state index in [0.717, 1.165) is 23.1 Å². The van der Waals surface area contributed by atoms with Crippen molar-refractivity contribution >= 4 is 29.1 Å². The predicted octanol–water partition coefficient (Wildman–Crippen LogP) is 4.11. The Bertz CT molecular complexity index is 584. The monoisotopic (exact) mass is 288 g/mol. The topological polar surface area (TPSA) is 49.8 Å². The van der Waals surface area contributed by atoms with E-state index in [1.807, 2.05) is 25.2 Å². The molecule has 0 saturated carbocycles. The summed E-state index contributed by atoms with van der Waals surface area (Å²) >= 11 is 1.71. The zero-order valence-corrected chi connectivity index (χ0v) is 13.1. The first-order valence-electron chi connectivity index (χ1n) is 6.60. The molecule has 1 aromatic heterocycles. The Morgan fingerprint density at radius 2 is 1.80 bits per heavy atom. The van der Waals surface area contributed by atoms with E-state index in [4.69, 9.17) is 0 Å². The fraction of sp³-hybridized carbons (Fsp3) is 0.333. The molecular weight excluding hydrogens is 268 g/mol. The third-order valence-corrected chi connectivity index (χ3v) is 3.68. The van der Waals surface area contributed by atoms with Gasteiger partial charge in [0.25, 0.3) is 0 Å². The highest BCUT2D eigenvalue weighted by atomic mass is 32.2. The first-order chi connectivity index (χ1) is 9.63. The van der Waals surface area contributed by atoms with Gasteiger partial charge in [-0.3, -0.25) is 0 Å². The highest BCUT2D eigenvalue weighted by Gasteiger charge is 2.09. The van der Waals surface area contributed by atoms with Crippen LogP contribution in [0.5, 0.6) is 0 Å². The minimum Gasteiger partial charge on any atom is -0.373 e. The van der Waals surface area contributed by atoms with E-state index in [1.165, 1.54) is 4.90 Å². The molecular formula is C15H20N4S. The van der Waals surface area contributed by atoms with Gasteiger partial charge in [0.1, 0.15) is 17.5 Å². The van der Waals surface area contributed by atoms with Crippen LogP contribution in [0.25, 0.3) is 0 Å². The SMILES string of the molecule is CNc1cc(Nc2ccccc2SC)nc(C(C)C)n1. The van der Waals surface area contributed by atoms with E-state index in [2.05, 4.69) is 52.8 Å². The van der Waals surface area contributed by atoms with Crippen LogP contribution in [0.15, 0.2) is 35.2 Å². The van der Waals surface area contributed by atoms with Gasteiger partial charge < -0.3 is 10.6 Å². The molecule has 0 bridgehead atoms. The maximum Gasteiger partial charge on any atom is 0.136 e. The van der Waals surface area contributed by atoms with E-state index >= 15 is 0 Å². The normalized spacial score (nSPS) is 10.7. The Labute approximate surface area is 124 Å². The molecule has 20 heavy (non-hydrogen) atoms. The minimum atomic E-state index is 0.291. The summed E-state index contributed by atoms with van der Waals surface area (Å²) in [5, 5.41) is 6.46. The van der Waals surface area contributed by atoms with Crippen LogP contribution in [0.3, 0.4) is 0 Å². The second kappa shape index (κ2) is 6.61. The van der Waals surface area contributed by atoms with Crippen LogP contribution in [0.4, 0.5) is 17.3 Å². The highest BCUT2D eigenvalue weighted by molar-refractivity contribution is 7.98. The summed E-state index contributed by atoms with van der Waals surface area (Å²) in [6.07, 6.45) is 2.07. The largest absolute Gasteiger partial charge is 0.373 e. The number of rotatable bonds is 5. The first kappa shape index (κ1) is 14.7. The van der Waals surface area contributed by atoms with Gasteiger partial charge in [0, 0.05) is 23.9 Å². The number of hydrogen-bond donors (Lipinski definition) is 2. The van der Waals surface area contributed by atoms with Gasteiger partial charge in [-0.15, -0.1) is 11.8 Å². The number of aromatic nitrogens is 2. The fourth-order valence-corrected chi connectivity index (χ4v) is 2.36. The first-order valence-corrected chi connectivity index (χ1v) is 7.83. The van der Waals surface area contributed by atoms with Crippen molar-refractivity contribution in [3.8, 4) is 0 Å². The summed E-state index contributed by atoms with van der Waals surface area (Å²) in [6.45, 7) is 4.18. The molecule has 0 aliphatic heterocycles. The molecule has 2 N–H and O–H groups in total. The molecule has 5 heteroatoms. The third kappa shape index (κ3) is 3.42. The lowest BCUT2D eigenvalue weighted by Crippen LogP contribution is -2.05. The molecule has 0 atom stereocenters. The molecule has 0 aliphatic rings. The summed E-state index contributed by atoms with van der Waals surface area (Å²) in [7, 11) is 1.87. The number of thioether (sulfide) groups is 1. The van der Waals surface area contributed by atoms with Crippen LogP contribution >= 0.6 is 11.8 Å². The van der Waals surface area contributed by atoms with Crippen LogP contribution in [0.2, 0.25) is 0 Å². The Hall–Kier alpha value is -1.75. The molecule has 0 unspecified atom stereocenters. The average Bonchev–Trinajstić information content (AvgIpc) is 2.47. The van der Waals surface area contributed by atoms with E-state index in [-0.39, 0.29) is 0 Å². The molecule has 0 spiro atoms. The van der Waals surface area contributed by atoms with Crippen molar-refractivity contribution < 1.29 is 0 Å². The Morgan fingerprint density at radius 3 is 2.45 bits per heavy atom. The second-order valence-electron chi connectivity index (χ2n) is 4.73. The van der Waals surface area contributed by atoms with Crippen molar-refractivity contribution in [2.45, 2.75) is 24.7 Å². The lowest BCUT2D eigenvalue weighted by molar-refractivity contribution is 0.778. The van der Waals surface area contributed by atoms with E-state index < -0.39 is 0 Å². The number of para-hydroxylation sites is 1. The highest BCUT2D eigenvalue weighted by Crippen LogP contribution is 2.28. The molecule has 106 valence electrons. The Kier molecular flexibility index (Phi) is 4.84. The molecule has 4 nitrogen and oxygen atoms in total. The quantitative estimate of drug-likeness (QED) is 0.811. The smallest absolute Gasteiger partial charge is 0.136 e.